The molecule has 5 nitrogen and oxygen atoms in total. The topological polar surface area (TPSA) is 64.7 Å². The van der Waals surface area contributed by atoms with Crippen LogP contribution in [0.25, 0.3) is 122 Å². The van der Waals surface area contributed by atoms with Gasteiger partial charge in [-0.25, -0.2) is 19.9 Å². The van der Waals surface area contributed by atoms with Crippen LogP contribution in [-0.2, 0) is 0 Å². The number of hydrogen-bond acceptors (Lipinski definition) is 5. The molecule has 3 heterocycles. The first-order valence-electron chi connectivity index (χ1n) is 21.1. The predicted molar refractivity (Wildman–Crippen MR) is 258 cm³/mol. The molecular formula is C58H36N4O. The van der Waals surface area contributed by atoms with Gasteiger partial charge in [0.1, 0.15) is 11.2 Å². The second-order valence-electron chi connectivity index (χ2n) is 15.8. The first-order valence-corrected chi connectivity index (χ1v) is 21.1. The molecule has 0 atom stereocenters. The van der Waals surface area contributed by atoms with E-state index < -0.39 is 0 Å². The van der Waals surface area contributed by atoms with Crippen LogP contribution in [0.5, 0.6) is 0 Å². The average Bonchev–Trinajstić information content (AvgIpc) is 3.76. The summed E-state index contributed by atoms with van der Waals surface area (Å²) >= 11 is 0. The Kier molecular flexibility index (Phi) is 8.75. The van der Waals surface area contributed by atoms with Gasteiger partial charge in [-0.15, -0.1) is 0 Å². The Hall–Kier alpha value is -8.54. The minimum absolute atomic E-state index is 0.640. The molecule has 12 rings (SSSR count). The molecule has 0 aliphatic carbocycles. The Labute approximate surface area is 363 Å². The zero-order valence-corrected chi connectivity index (χ0v) is 34.0. The van der Waals surface area contributed by atoms with Gasteiger partial charge in [0.25, 0.3) is 0 Å². The van der Waals surface area contributed by atoms with Crippen LogP contribution in [0.15, 0.2) is 223 Å². The quantitative estimate of drug-likeness (QED) is 0.150. The number of furan rings is 1. The van der Waals surface area contributed by atoms with Gasteiger partial charge in [0.05, 0.1) is 11.2 Å². The standard InChI is InChI=1S/C58H36N4O/c1-4-13-42(14-5-1)53-50-36-35-48-47-21-12-20-46(54(47)63-55(48)52(50)49-19-10-11-22-51(49)59-53)41-31-27-39(28-32-41)37-23-25-38(26-24-37)40-29-33-45(34-30-40)58-61-56(43-15-6-2-7-16-43)60-57(62-58)44-17-8-3-9-18-44/h1-36H. The summed E-state index contributed by atoms with van der Waals surface area (Å²) in [6, 6.07) is 75.7. The summed E-state index contributed by atoms with van der Waals surface area (Å²) < 4.78 is 6.96. The largest absolute Gasteiger partial charge is 0.455 e. The number of nitrogens with zero attached hydrogens (tertiary/aromatic N) is 4. The number of fused-ring (bicyclic) bond motifs is 7. The molecule has 0 saturated heterocycles. The summed E-state index contributed by atoms with van der Waals surface area (Å²) in [5, 5.41) is 5.45. The highest BCUT2D eigenvalue weighted by Crippen LogP contribution is 2.43. The lowest BCUT2D eigenvalue weighted by Crippen LogP contribution is -2.00. The number of hydrogen-bond donors (Lipinski definition) is 0. The van der Waals surface area contributed by atoms with Crippen molar-refractivity contribution in [2.24, 2.45) is 0 Å². The molecule has 0 saturated carbocycles. The molecule has 0 fully saturated rings. The molecule has 0 bridgehead atoms. The van der Waals surface area contributed by atoms with E-state index in [0.717, 1.165) is 105 Å². The van der Waals surface area contributed by atoms with Gasteiger partial charge in [-0.05, 0) is 39.9 Å². The lowest BCUT2D eigenvalue weighted by molar-refractivity contribution is 0.674. The molecule has 0 radical (unpaired) electrons. The van der Waals surface area contributed by atoms with Crippen molar-refractivity contribution in [3.8, 4) is 78.8 Å². The maximum Gasteiger partial charge on any atom is 0.164 e. The van der Waals surface area contributed by atoms with E-state index in [0.29, 0.717) is 17.5 Å². The van der Waals surface area contributed by atoms with Crippen molar-refractivity contribution >= 4 is 43.6 Å². The normalized spacial score (nSPS) is 11.5. The Balaban J connectivity index is 0.844. The summed E-state index contributed by atoms with van der Waals surface area (Å²) in [4.78, 5) is 19.8. The Morgan fingerprint density at radius 1 is 0.254 bits per heavy atom. The van der Waals surface area contributed by atoms with Crippen molar-refractivity contribution in [3.05, 3.63) is 218 Å². The van der Waals surface area contributed by atoms with Crippen LogP contribution in [0.1, 0.15) is 0 Å². The summed E-state index contributed by atoms with van der Waals surface area (Å²) in [6.07, 6.45) is 0. The number of pyridine rings is 1. The van der Waals surface area contributed by atoms with E-state index in [4.69, 9.17) is 24.4 Å². The van der Waals surface area contributed by atoms with Crippen LogP contribution in [0, 0.1) is 0 Å². The fourth-order valence-corrected chi connectivity index (χ4v) is 8.78. The van der Waals surface area contributed by atoms with Gasteiger partial charge in [-0.1, -0.05) is 206 Å². The van der Waals surface area contributed by atoms with Crippen molar-refractivity contribution in [2.45, 2.75) is 0 Å². The third kappa shape index (κ3) is 6.51. The highest BCUT2D eigenvalue weighted by Gasteiger charge is 2.19. The summed E-state index contributed by atoms with van der Waals surface area (Å²) in [5.41, 5.74) is 14.3. The predicted octanol–water partition coefficient (Wildman–Crippen LogP) is 15.1. The molecular weight excluding hydrogens is 769 g/mol. The Morgan fingerprint density at radius 3 is 1.22 bits per heavy atom. The lowest BCUT2D eigenvalue weighted by atomic mass is 9.96. The van der Waals surface area contributed by atoms with E-state index in [1.54, 1.807) is 0 Å². The number of aromatic nitrogens is 4. The molecule has 0 aliphatic heterocycles. The summed E-state index contributed by atoms with van der Waals surface area (Å²) in [5.74, 6) is 1.94. The molecule has 12 aromatic rings. The second kappa shape index (κ2) is 15.2. The molecule has 0 N–H and O–H groups in total. The van der Waals surface area contributed by atoms with Crippen LogP contribution in [0.4, 0.5) is 0 Å². The van der Waals surface area contributed by atoms with Crippen LogP contribution < -0.4 is 0 Å². The highest BCUT2D eigenvalue weighted by molar-refractivity contribution is 6.25. The first-order chi connectivity index (χ1) is 31.2. The number of rotatable bonds is 7. The smallest absolute Gasteiger partial charge is 0.164 e. The van der Waals surface area contributed by atoms with Gasteiger partial charge in [0, 0.05) is 54.7 Å². The van der Waals surface area contributed by atoms with Gasteiger partial charge in [0.15, 0.2) is 17.5 Å². The van der Waals surface area contributed by atoms with E-state index in [1.165, 1.54) is 0 Å². The van der Waals surface area contributed by atoms with Crippen LogP contribution in [0.2, 0.25) is 0 Å². The molecule has 63 heavy (non-hydrogen) atoms. The van der Waals surface area contributed by atoms with Gasteiger partial charge in [0.2, 0.25) is 0 Å². The van der Waals surface area contributed by atoms with E-state index in [2.05, 4.69) is 146 Å². The minimum Gasteiger partial charge on any atom is -0.455 e. The minimum atomic E-state index is 0.640. The van der Waals surface area contributed by atoms with E-state index >= 15 is 0 Å². The van der Waals surface area contributed by atoms with E-state index in [9.17, 15) is 0 Å². The third-order valence-corrected chi connectivity index (χ3v) is 12.0. The SMILES string of the molecule is c1ccc(-c2nc(-c3ccccc3)nc(-c3ccc(-c4ccc(-c5ccc(-c6cccc7c6oc6c7ccc7c(-c8ccccc8)nc8ccccc8c76)cc5)cc4)cc3)n2)cc1. The van der Waals surface area contributed by atoms with Crippen molar-refractivity contribution in [2.75, 3.05) is 0 Å². The molecule has 3 aromatic heterocycles. The van der Waals surface area contributed by atoms with Crippen LogP contribution in [-0.4, -0.2) is 19.9 Å². The molecule has 0 spiro atoms. The van der Waals surface area contributed by atoms with Gasteiger partial charge < -0.3 is 4.42 Å². The molecule has 9 aromatic carbocycles. The molecule has 0 aliphatic rings. The molecule has 0 unspecified atom stereocenters. The lowest BCUT2D eigenvalue weighted by Gasteiger charge is -2.10. The van der Waals surface area contributed by atoms with Gasteiger partial charge in [-0.2, -0.15) is 0 Å². The highest BCUT2D eigenvalue weighted by atomic mass is 16.3. The molecule has 0 amide bonds. The van der Waals surface area contributed by atoms with Crippen molar-refractivity contribution in [1.29, 1.82) is 0 Å². The van der Waals surface area contributed by atoms with Crippen molar-refractivity contribution < 1.29 is 4.42 Å². The first kappa shape index (κ1) is 36.3. The van der Waals surface area contributed by atoms with Crippen LogP contribution >= 0.6 is 0 Å². The molecule has 5 heteroatoms. The Morgan fingerprint density at radius 2 is 0.667 bits per heavy atom. The zero-order valence-electron chi connectivity index (χ0n) is 34.0. The fraction of sp³-hybridized carbons (Fsp3) is 0. The maximum absolute atomic E-state index is 6.96. The zero-order chi connectivity index (χ0) is 41.7. The average molecular weight is 805 g/mol. The molecule has 294 valence electrons. The van der Waals surface area contributed by atoms with Gasteiger partial charge in [-0.3, -0.25) is 0 Å². The van der Waals surface area contributed by atoms with E-state index in [-0.39, 0.29) is 0 Å². The number of para-hydroxylation sites is 2. The maximum atomic E-state index is 6.96. The van der Waals surface area contributed by atoms with Crippen molar-refractivity contribution in [1.82, 2.24) is 19.9 Å². The summed E-state index contributed by atoms with van der Waals surface area (Å²) in [6.45, 7) is 0. The fourth-order valence-electron chi connectivity index (χ4n) is 8.78. The number of benzene rings is 9. The second-order valence-corrected chi connectivity index (χ2v) is 15.8. The monoisotopic (exact) mass is 804 g/mol. The third-order valence-electron chi connectivity index (χ3n) is 12.0. The van der Waals surface area contributed by atoms with Crippen LogP contribution in [0.3, 0.4) is 0 Å². The van der Waals surface area contributed by atoms with Crippen molar-refractivity contribution in [3.63, 3.8) is 0 Å². The summed E-state index contributed by atoms with van der Waals surface area (Å²) in [7, 11) is 0. The Bertz CT molecular complexity index is 3570. The van der Waals surface area contributed by atoms with Gasteiger partial charge >= 0.3 is 0 Å². The van der Waals surface area contributed by atoms with E-state index in [1.807, 2.05) is 72.8 Å².